The first-order valence-electron chi connectivity index (χ1n) is 8.96. The fraction of sp³-hybridized carbons (Fsp3) is 0.286. The largest absolute Gasteiger partial charge is 0.325 e. The molecule has 0 atom stereocenters. The van der Waals surface area contributed by atoms with Gasteiger partial charge in [-0.15, -0.1) is 5.10 Å². The number of aromatic nitrogens is 3. The van der Waals surface area contributed by atoms with Gasteiger partial charge in [0.05, 0.1) is 12.2 Å². The minimum absolute atomic E-state index is 0.0251. The van der Waals surface area contributed by atoms with Gasteiger partial charge in [-0.3, -0.25) is 4.79 Å². The molecular weight excluding hydrogens is 436 g/mol. The summed E-state index contributed by atoms with van der Waals surface area (Å²) in [5.41, 5.74) is 2.68. The number of hydrogen-bond donors (Lipinski definition) is 1. The summed E-state index contributed by atoms with van der Waals surface area (Å²) in [6.07, 6.45) is 0. The average molecular weight is 459 g/mol. The van der Waals surface area contributed by atoms with Crippen molar-refractivity contribution in [1.29, 1.82) is 0 Å². The summed E-state index contributed by atoms with van der Waals surface area (Å²) in [5.74, 6) is -0.0251. The van der Waals surface area contributed by atoms with Gasteiger partial charge >= 0.3 is 0 Å². The molecule has 0 aliphatic carbocycles. The van der Waals surface area contributed by atoms with E-state index in [9.17, 15) is 4.79 Å². The first-order chi connectivity index (χ1) is 13.2. The van der Waals surface area contributed by atoms with Crippen LogP contribution in [0.15, 0.2) is 63.3 Å². The second-order valence-electron chi connectivity index (χ2n) is 7.61. The van der Waals surface area contributed by atoms with Crippen molar-refractivity contribution in [2.75, 3.05) is 5.32 Å². The van der Waals surface area contributed by atoms with Crippen molar-refractivity contribution in [3.05, 3.63) is 64.4 Å². The Morgan fingerprint density at radius 2 is 1.82 bits per heavy atom. The van der Waals surface area contributed by atoms with Crippen LogP contribution in [0.1, 0.15) is 31.9 Å². The minimum atomic E-state index is -0.466. The van der Waals surface area contributed by atoms with E-state index in [4.69, 9.17) is 0 Å². The first kappa shape index (κ1) is 20.6. The molecule has 1 N–H and O–H groups in total. The number of amides is 1. The highest BCUT2D eigenvalue weighted by Gasteiger charge is 2.22. The number of carbonyl (C=O) groups is 1. The van der Waals surface area contributed by atoms with Crippen molar-refractivity contribution in [2.24, 2.45) is 5.41 Å². The van der Waals surface area contributed by atoms with E-state index in [0.717, 1.165) is 21.3 Å². The molecule has 0 saturated heterocycles. The number of hydrogen-bond acceptors (Lipinski definition) is 4. The summed E-state index contributed by atoms with van der Waals surface area (Å²) in [6.45, 7) is 8.38. The number of para-hydroxylation sites is 1. The van der Waals surface area contributed by atoms with E-state index in [1.165, 1.54) is 17.3 Å². The van der Waals surface area contributed by atoms with Crippen molar-refractivity contribution in [2.45, 2.75) is 44.3 Å². The lowest BCUT2D eigenvalue weighted by molar-refractivity contribution is -0.123. The number of nitrogens with one attached hydrogen (secondary N) is 1. The molecule has 5 nitrogen and oxygen atoms in total. The average Bonchev–Trinajstić information content (AvgIpc) is 2.97. The van der Waals surface area contributed by atoms with Gasteiger partial charge in [-0.1, -0.05) is 62.7 Å². The van der Waals surface area contributed by atoms with E-state index in [1.54, 1.807) is 0 Å². The maximum Gasteiger partial charge on any atom is 0.229 e. The van der Waals surface area contributed by atoms with Gasteiger partial charge < -0.3 is 5.32 Å². The Balaban J connectivity index is 1.85. The van der Waals surface area contributed by atoms with Gasteiger partial charge in [-0.25, -0.2) is 4.68 Å². The SMILES string of the molecule is Cc1ccc(Cn2nc(Br)nc2Sc2ccccc2NC(=O)C(C)(C)C)cc1. The lowest BCUT2D eigenvalue weighted by Gasteiger charge is -2.19. The van der Waals surface area contributed by atoms with Gasteiger partial charge in [0, 0.05) is 10.3 Å². The Morgan fingerprint density at radius 1 is 1.14 bits per heavy atom. The van der Waals surface area contributed by atoms with Crippen molar-refractivity contribution < 1.29 is 4.79 Å². The third-order valence-electron chi connectivity index (χ3n) is 4.08. The van der Waals surface area contributed by atoms with E-state index >= 15 is 0 Å². The number of aryl methyl sites for hydroxylation is 1. The minimum Gasteiger partial charge on any atom is -0.325 e. The summed E-state index contributed by atoms with van der Waals surface area (Å²) >= 11 is 4.86. The van der Waals surface area contributed by atoms with Crippen molar-refractivity contribution >= 4 is 39.3 Å². The maximum atomic E-state index is 12.4. The van der Waals surface area contributed by atoms with Crippen LogP contribution in [0.25, 0.3) is 0 Å². The van der Waals surface area contributed by atoms with Gasteiger partial charge in [0.1, 0.15) is 0 Å². The zero-order chi connectivity index (χ0) is 20.3. The molecule has 146 valence electrons. The molecule has 7 heteroatoms. The zero-order valence-corrected chi connectivity index (χ0v) is 18.8. The second kappa shape index (κ2) is 8.49. The Bertz CT molecular complexity index is 977. The molecule has 1 amide bonds. The number of carbonyl (C=O) groups excluding carboxylic acids is 1. The van der Waals surface area contributed by atoms with Crippen LogP contribution in [0.3, 0.4) is 0 Å². The maximum absolute atomic E-state index is 12.4. The van der Waals surface area contributed by atoms with Crippen LogP contribution < -0.4 is 5.32 Å². The van der Waals surface area contributed by atoms with Crippen LogP contribution in [0.2, 0.25) is 0 Å². The van der Waals surface area contributed by atoms with E-state index in [1.807, 2.05) is 49.7 Å². The van der Waals surface area contributed by atoms with Crippen LogP contribution in [0.5, 0.6) is 0 Å². The third-order valence-corrected chi connectivity index (χ3v) is 5.48. The Morgan fingerprint density at radius 3 is 2.50 bits per heavy atom. The Hall–Kier alpha value is -2.12. The van der Waals surface area contributed by atoms with E-state index in [2.05, 4.69) is 62.5 Å². The van der Waals surface area contributed by atoms with E-state index in [0.29, 0.717) is 11.3 Å². The van der Waals surface area contributed by atoms with Crippen molar-refractivity contribution in [1.82, 2.24) is 14.8 Å². The molecule has 1 heterocycles. The molecule has 0 bridgehead atoms. The molecular formula is C21H23BrN4OS. The summed E-state index contributed by atoms with van der Waals surface area (Å²) < 4.78 is 2.40. The van der Waals surface area contributed by atoms with Crippen LogP contribution in [-0.4, -0.2) is 20.7 Å². The molecule has 0 fully saturated rings. The van der Waals surface area contributed by atoms with Gasteiger partial charge in [0.2, 0.25) is 10.6 Å². The highest BCUT2D eigenvalue weighted by Crippen LogP contribution is 2.34. The summed E-state index contributed by atoms with van der Waals surface area (Å²) in [4.78, 5) is 17.8. The summed E-state index contributed by atoms with van der Waals surface area (Å²) in [6, 6.07) is 16.1. The second-order valence-corrected chi connectivity index (χ2v) is 9.33. The van der Waals surface area contributed by atoms with Crippen LogP contribution in [-0.2, 0) is 11.3 Å². The number of rotatable bonds is 5. The Labute approximate surface area is 178 Å². The van der Waals surface area contributed by atoms with Gasteiger partial charge in [0.15, 0.2) is 5.16 Å². The predicted molar refractivity (Wildman–Crippen MR) is 117 cm³/mol. The third kappa shape index (κ3) is 5.23. The molecule has 3 aromatic rings. The summed E-state index contributed by atoms with van der Waals surface area (Å²) in [7, 11) is 0. The molecule has 0 unspecified atom stereocenters. The van der Waals surface area contributed by atoms with Crippen LogP contribution in [0, 0.1) is 12.3 Å². The lowest BCUT2D eigenvalue weighted by atomic mass is 9.95. The highest BCUT2D eigenvalue weighted by molar-refractivity contribution is 9.10. The predicted octanol–water partition coefficient (Wildman–Crippen LogP) is 5.53. The molecule has 28 heavy (non-hydrogen) atoms. The van der Waals surface area contributed by atoms with E-state index in [-0.39, 0.29) is 5.91 Å². The highest BCUT2D eigenvalue weighted by atomic mass is 79.9. The zero-order valence-electron chi connectivity index (χ0n) is 16.4. The van der Waals surface area contributed by atoms with Crippen molar-refractivity contribution in [3.63, 3.8) is 0 Å². The quantitative estimate of drug-likeness (QED) is 0.545. The topological polar surface area (TPSA) is 59.8 Å². The molecule has 0 spiro atoms. The molecule has 0 radical (unpaired) electrons. The van der Waals surface area contributed by atoms with Crippen molar-refractivity contribution in [3.8, 4) is 0 Å². The molecule has 3 rings (SSSR count). The molecule has 2 aromatic carbocycles. The summed E-state index contributed by atoms with van der Waals surface area (Å²) in [5, 5.41) is 8.25. The van der Waals surface area contributed by atoms with Gasteiger partial charge in [0.25, 0.3) is 0 Å². The van der Waals surface area contributed by atoms with E-state index < -0.39 is 5.41 Å². The monoisotopic (exact) mass is 458 g/mol. The molecule has 0 aliphatic heterocycles. The fourth-order valence-electron chi connectivity index (χ4n) is 2.41. The van der Waals surface area contributed by atoms with Gasteiger partial charge in [-0.05, 0) is 52.3 Å². The first-order valence-corrected chi connectivity index (χ1v) is 10.6. The standard InChI is InChI=1S/C21H23BrN4OS/c1-14-9-11-15(12-10-14)13-26-20(24-19(22)25-26)28-17-8-6-5-7-16(17)23-18(27)21(2,3)4/h5-12H,13H2,1-4H3,(H,23,27). The van der Waals surface area contributed by atoms with Crippen LogP contribution >= 0.6 is 27.7 Å². The number of halogens is 1. The normalized spacial score (nSPS) is 11.5. The lowest BCUT2D eigenvalue weighted by Crippen LogP contribution is -2.27. The van der Waals surface area contributed by atoms with Crippen LogP contribution in [0.4, 0.5) is 5.69 Å². The number of anilines is 1. The number of benzene rings is 2. The molecule has 0 aliphatic rings. The Kier molecular flexibility index (Phi) is 6.25. The van der Waals surface area contributed by atoms with Gasteiger partial charge in [-0.2, -0.15) is 4.98 Å². The number of nitrogens with zero attached hydrogens (tertiary/aromatic N) is 3. The smallest absolute Gasteiger partial charge is 0.229 e. The molecule has 0 saturated carbocycles. The molecule has 1 aromatic heterocycles. The fourth-order valence-corrected chi connectivity index (χ4v) is 3.81.